The number of morpholine rings is 1. The summed E-state index contributed by atoms with van der Waals surface area (Å²) in [5.41, 5.74) is 0.803. The molecule has 1 saturated heterocycles. The molecule has 2 N–H and O–H groups in total. The Hall–Kier alpha value is -0.900. The first kappa shape index (κ1) is 10.6. The highest BCUT2D eigenvalue weighted by Gasteiger charge is 2.40. The molecule has 0 spiro atoms. The van der Waals surface area contributed by atoms with Gasteiger partial charge in [-0.05, 0) is 13.8 Å². The molecule has 82 valence electrons. The molecule has 1 fully saturated rings. The summed E-state index contributed by atoms with van der Waals surface area (Å²) in [6, 6.07) is 9.68. The Kier molecular flexibility index (Phi) is 2.78. The molecule has 3 atom stereocenters. The van der Waals surface area contributed by atoms with Gasteiger partial charge in [0.15, 0.2) is 0 Å². The Morgan fingerprint density at radius 2 is 2.00 bits per heavy atom. The molecule has 0 aliphatic carbocycles. The monoisotopic (exact) mass is 207 g/mol. The maximum Gasteiger partial charge on any atom is 0.208 e. The van der Waals surface area contributed by atoms with Crippen molar-refractivity contribution in [3.63, 3.8) is 0 Å². The van der Waals surface area contributed by atoms with Crippen molar-refractivity contribution in [2.45, 2.75) is 31.7 Å². The van der Waals surface area contributed by atoms with Crippen molar-refractivity contribution in [2.24, 2.45) is 0 Å². The minimum atomic E-state index is -1.20. The Morgan fingerprint density at radius 3 is 2.60 bits per heavy atom. The highest BCUT2D eigenvalue weighted by molar-refractivity contribution is 5.22. The molecule has 0 radical (unpaired) electrons. The van der Waals surface area contributed by atoms with Crippen LogP contribution in [0.2, 0.25) is 0 Å². The molecule has 3 nitrogen and oxygen atoms in total. The summed E-state index contributed by atoms with van der Waals surface area (Å²) in [5, 5.41) is 13.7. The van der Waals surface area contributed by atoms with E-state index in [0.717, 1.165) is 5.56 Å². The van der Waals surface area contributed by atoms with Gasteiger partial charge in [0, 0.05) is 11.6 Å². The zero-order valence-electron chi connectivity index (χ0n) is 9.10. The summed E-state index contributed by atoms with van der Waals surface area (Å²) in [7, 11) is 0. The molecule has 1 aliphatic heterocycles. The van der Waals surface area contributed by atoms with Crippen LogP contribution in [0.15, 0.2) is 30.3 Å². The van der Waals surface area contributed by atoms with Gasteiger partial charge in [-0.2, -0.15) is 0 Å². The summed E-state index contributed by atoms with van der Waals surface area (Å²) < 4.78 is 5.57. The molecular weight excluding hydrogens is 190 g/mol. The summed E-state index contributed by atoms with van der Waals surface area (Å²) in [6.45, 7) is 4.50. The summed E-state index contributed by atoms with van der Waals surface area (Å²) in [4.78, 5) is 0. The van der Waals surface area contributed by atoms with Crippen LogP contribution in [0, 0.1) is 0 Å². The zero-order valence-corrected chi connectivity index (χ0v) is 9.10. The van der Waals surface area contributed by atoms with E-state index in [9.17, 15) is 5.11 Å². The first-order valence-corrected chi connectivity index (χ1v) is 5.31. The molecule has 1 heterocycles. The number of hydrogen-bond donors (Lipinski definition) is 2. The molecular formula is C12H17NO2. The van der Waals surface area contributed by atoms with Crippen LogP contribution in [0.4, 0.5) is 0 Å². The maximum absolute atomic E-state index is 10.4. The second kappa shape index (κ2) is 3.93. The normalized spacial score (nSPS) is 36.5. The van der Waals surface area contributed by atoms with Gasteiger partial charge in [0.25, 0.3) is 0 Å². The van der Waals surface area contributed by atoms with Gasteiger partial charge in [-0.1, -0.05) is 30.3 Å². The van der Waals surface area contributed by atoms with E-state index in [4.69, 9.17) is 4.74 Å². The smallest absolute Gasteiger partial charge is 0.208 e. The topological polar surface area (TPSA) is 41.5 Å². The number of hydrogen-bond acceptors (Lipinski definition) is 3. The SMILES string of the molecule is C[C@@H]1CO[C@@](O)(c2ccccc2)[C@H](C)N1. The van der Waals surface area contributed by atoms with Gasteiger partial charge in [-0.3, -0.25) is 0 Å². The summed E-state index contributed by atoms with van der Waals surface area (Å²) in [6.07, 6.45) is 0. The molecule has 3 heteroatoms. The van der Waals surface area contributed by atoms with E-state index in [1.807, 2.05) is 44.2 Å². The Bertz CT molecular complexity index is 328. The van der Waals surface area contributed by atoms with Crippen molar-refractivity contribution in [2.75, 3.05) is 6.61 Å². The molecule has 0 bridgehead atoms. The first-order valence-electron chi connectivity index (χ1n) is 5.31. The predicted octanol–water partition coefficient (Wildman–Crippen LogP) is 1.23. The summed E-state index contributed by atoms with van der Waals surface area (Å²) >= 11 is 0. The molecule has 0 amide bonds. The lowest BCUT2D eigenvalue weighted by atomic mass is 9.96. The number of nitrogens with one attached hydrogen (secondary N) is 1. The van der Waals surface area contributed by atoms with Crippen molar-refractivity contribution in [1.29, 1.82) is 0 Å². The second-order valence-corrected chi connectivity index (χ2v) is 4.16. The van der Waals surface area contributed by atoms with Gasteiger partial charge < -0.3 is 15.2 Å². The van der Waals surface area contributed by atoms with E-state index in [1.165, 1.54) is 0 Å². The van der Waals surface area contributed by atoms with Gasteiger partial charge in [0.05, 0.1) is 12.6 Å². The lowest BCUT2D eigenvalue weighted by Gasteiger charge is -2.41. The fraction of sp³-hybridized carbons (Fsp3) is 0.500. The van der Waals surface area contributed by atoms with Crippen molar-refractivity contribution >= 4 is 0 Å². The second-order valence-electron chi connectivity index (χ2n) is 4.16. The van der Waals surface area contributed by atoms with E-state index in [2.05, 4.69) is 5.32 Å². The van der Waals surface area contributed by atoms with Gasteiger partial charge in [-0.15, -0.1) is 0 Å². The zero-order chi connectivity index (χ0) is 10.9. The van der Waals surface area contributed by atoms with E-state index >= 15 is 0 Å². The lowest BCUT2D eigenvalue weighted by molar-refractivity contribution is -0.252. The van der Waals surface area contributed by atoms with Crippen LogP contribution >= 0.6 is 0 Å². The first-order chi connectivity index (χ1) is 7.13. The third-order valence-corrected chi connectivity index (χ3v) is 2.86. The van der Waals surface area contributed by atoms with Crippen LogP contribution < -0.4 is 5.32 Å². The Morgan fingerprint density at radius 1 is 1.33 bits per heavy atom. The highest BCUT2D eigenvalue weighted by Crippen LogP contribution is 2.29. The van der Waals surface area contributed by atoms with Crippen molar-refractivity contribution in [1.82, 2.24) is 5.32 Å². The number of rotatable bonds is 1. The quantitative estimate of drug-likeness (QED) is 0.727. The van der Waals surface area contributed by atoms with Crippen LogP contribution in [-0.4, -0.2) is 23.8 Å². The standard InChI is InChI=1S/C12H17NO2/c1-9-8-15-12(14,10(2)13-9)11-6-4-3-5-7-11/h3-7,9-10,13-14H,8H2,1-2H3/t9-,10+,12-/m1/s1. The minimum Gasteiger partial charge on any atom is -0.361 e. The third kappa shape index (κ3) is 1.91. The lowest BCUT2D eigenvalue weighted by Crippen LogP contribution is -2.57. The van der Waals surface area contributed by atoms with Gasteiger partial charge in [0.1, 0.15) is 0 Å². The van der Waals surface area contributed by atoms with Crippen molar-refractivity contribution < 1.29 is 9.84 Å². The van der Waals surface area contributed by atoms with Gasteiger partial charge >= 0.3 is 0 Å². The van der Waals surface area contributed by atoms with Crippen molar-refractivity contribution in [3.05, 3.63) is 35.9 Å². The van der Waals surface area contributed by atoms with Crippen LogP contribution in [-0.2, 0) is 10.5 Å². The largest absolute Gasteiger partial charge is 0.361 e. The molecule has 0 aromatic heterocycles. The predicted molar refractivity (Wildman–Crippen MR) is 58.4 cm³/mol. The average molecular weight is 207 g/mol. The Balaban J connectivity index is 2.27. The van der Waals surface area contributed by atoms with Crippen molar-refractivity contribution in [3.8, 4) is 0 Å². The van der Waals surface area contributed by atoms with Gasteiger partial charge in [-0.25, -0.2) is 0 Å². The van der Waals surface area contributed by atoms with E-state index in [1.54, 1.807) is 0 Å². The van der Waals surface area contributed by atoms with Gasteiger partial charge in [0.2, 0.25) is 5.79 Å². The van der Waals surface area contributed by atoms with E-state index < -0.39 is 5.79 Å². The Labute approximate surface area is 90.1 Å². The third-order valence-electron chi connectivity index (χ3n) is 2.86. The number of benzene rings is 1. The van der Waals surface area contributed by atoms with E-state index in [-0.39, 0.29) is 12.1 Å². The summed E-state index contributed by atoms with van der Waals surface area (Å²) in [5.74, 6) is -1.20. The maximum atomic E-state index is 10.4. The molecule has 1 aromatic carbocycles. The van der Waals surface area contributed by atoms with Crippen LogP contribution in [0.3, 0.4) is 0 Å². The van der Waals surface area contributed by atoms with Crippen LogP contribution in [0.1, 0.15) is 19.4 Å². The molecule has 0 saturated carbocycles. The fourth-order valence-corrected chi connectivity index (χ4v) is 1.98. The number of aliphatic hydroxyl groups is 1. The highest BCUT2D eigenvalue weighted by atomic mass is 16.6. The van der Waals surface area contributed by atoms with E-state index in [0.29, 0.717) is 6.61 Å². The number of ether oxygens (including phenoxy) is 1. The molecule has 2 rings (SSSR count). The molecule has 1 aliphatic rings. The molecule has 15 heavy (non-hydrogen) atoms. The fourth-order valence-electron chi connectivity index (χ4n) is 1.98. The molecule has 1 aromatic rings. The van der Waals surface area contributed by atoms with Crippen LogP contribution in [0.25, 0.3) is 0 Å². The molecule has 0 unspecified atom stereocenters. The minimum absolute atomic E-state index is 0.108. The average Bonchev–Trinajstić information content (AvgIpc) is 2.25. The van der Waals surface area contributed by atoms with Crippen LogP contribution in [0.5, 0.6) is 0 Å².